The van der Waals surface area contributed by atoms with Gasteiger partial charge in [0.05, 0.1) is 22.7 Å². The number of benzene rings is 3. The monoisotopic (exact) mass is 631 g/mol. The Morgan fingerprint density at radius 3 is 2.40 bits per heavy atom. The fourth-order valence-electron chi connectivity index (χ4n) is 5.34. The molecule has 0 radical (unpaired) electrons. The SMILES string of the molecule is CC1CC(CC2CN(S(=O)(=O)c3cccc(C(F)(F)F)c3)c3cc(-c4cc(F)cc(OC(F)F)c4)ccc3O2)C1.O=CO. The summed E-state index contributed by atoms with van der Waals surface area (Å²) in [5, 5.41) is 6.89. The summed E-state index contributed by atoms with van der Waals surface area (Å²) in [6, 6.07) is 10.9. The van der Waals surface area contributed by atoms with Crippen molar-refractivity contribution in [3.05, 3.63) is 72.0 Å². The van der Waals surface area contributed by atoms with Crippen LogP contribution in [0.2, 0.25) is 0 Å². The molecule has 0 aromatic heterocycles. The molecule has 0 bridgehead atoms. The summed E-state index contributed by atoms with van der Waals surface area (Å²) in [7, 11) is -4.50. The van der Waals surface area contributed by atoms with E-state index in [4.69, 9.17) is 14.6 Å². The third-order valence-corrected chi connectivity index (χ3v) is 8.91. The molecule has 14 heteroatoms. The van der Waals surface area contributed by atoms with Gasteiger partial charge in [-0.3, -0.25) is 9.10 Å². The molecule has 43 heavy (non-hydrogen) atoms. The smallest absolute Gasteiger partial charge is 0.416 e. The number of hydrogen-bond donors (Lipinski definition) is 1. The number of carbonyl (C=O) groups is 1. The van der Waals surface area contributed by atoms with E-state index in [-0.39, 0.29) is 35.6 Å². The molecule has 1 heterocycles. The molecule has 3 aromatic rings. The van der Waals surface area contributed by atoms with Crippen molar-refractivity contribution in [1.82, 2.24) is 0 Å². The average Bonchev–Trinajstić information content (AvgIpc) is 2.91. The third-order valence-electron chi connectivity index (χ3n) is 7.14. The molecule has 1 atom stereocenters. The number of carboxylic acid groups (broad SMARTS) is 1. The van der Waals surface area contributed by atoms with Crippen LogP contribution in [0.15, 0.2) is 65.6 Å². The van der Waals surface area contributed by atoms with Gasteiger partial charge in [0.25, 0.3) is 16.5 Å². The number of hydrogen-bond acceptors (Lipinski definition) is 5. The van der Waals surface area contributed by atoms with E-state index in [0.717, 1.165) is 47.5 Å². The molecule has 232 valence electrons. The van der Waals surface area contributed by atoms with E-state index in [1.807, 2.05) is 0 Å². The Bertz CT molecular complexity index is 1560. The van der Waals surface area contributed by atoms with E-state index in [1.165, 1.54) is 24.3 Å². The highest BCUT2D eigenvalue weighted by atomic mass is 32.2. The number of ether oxygens (including phenoxy) is 2. The number of fused-ring (bicyclic) bond motifs is 1. The molecule has 0 amide bonds. The second-order valence-corrected chi connectivity index (χ2v) is 12.2. The largest absolute Gasteiger partial charge is 0.486 e. The van der Waals surface area contributed by atoms with Crippen molar-refractivity contribution in [3.8, 4) is 22.6 Å². The first-order valence-electron chi connectivity index (χ1n) is 13.1. The Kier molecular flexibility index (Phi) is 9.47. The van der Waals surface area contributed by atoms with E-state index in [2.05, 4.69) is 11.7 Å². The lowest BCUT2D eigenvalue weighted by atomic mass is 9.73. The molecule has 1 N–H and O–H groups in total. The predicted octanol–water partition coefficient (Wildman–Crippen LogP) is 7.21. The molecular formula is C29H27F6NO6S. The summed E-state index contributed by atoms with van der Waals surface area (Å²) < 4.78 is 119. The van der Waals surface area contributed by atoms with Gasteiger partial charge in [0, 0.05) is 6.07 Å². The van der Waals surface area contributed by atoms with Gasteiger partial charge >= 0.3 is 12.8 Å². The van der Waals surface area contributed by atoms with Gasteiger partial charge in [-0.1, -0.05) is 19.1 Å². The van der Waals surface area contributed by atoms with E-state index in [9.17, 15) is 34.8 Å². The van der Waals surface area contributed by atoms with Crippen molar-refractivity contribution in [2.45, 2.75) is 50.0 Å². The van der Waals surface area contributed by atoms with Gasteiger partial charge in [0.1, 0.15) is 23.4 Å². The van der Waals surface area contributed by atoms with E-state index in [0.29, 0.717) is 24.3 Å². The summed E-state index contributed by atoms with van der Waals surface area (Å²) in [4.78, 5) is 7.81. The molecule has 7 nitrogen and oxygen atoms in total. The summed E-state index contributed by atoms with van der Waals surface area (Å²) in [6.07, 6.45) is -2.79. The zero-order valence-corrected chi connectivity index (χ0v) is 23.4. The third kappa shape index (κ3) is 7.53. The maximum atomic E-state index is 14.2. The highest BCUT2D eigenvalue weighted by molar-refractivity contribution is 7.92. The van der Waals surface area contributed by atoms with Crippen molar-refractivity contribution in [3.63, 3.8) is 0 Å². The zero-order chi connectivity index (χ0) is 31.5. The molecule has 1 fully saturated rings. The fraction of sp³-hybridized carbons (Fsp3) is 0.345. The minimum atomic E-state index is -4.75. The number of alkyl halides is 5. The van der Waals surface area contributed by atoms with Gasteiger partial charge in [-0.2, -0.15) is 22.0 Å². The molecule has 1 aliphatic carbocycles. The van der Waals surface area contributed by atoms with Crippen molar-refractivity contribution in [2.24, 2.45) is 11.8 Å². The van der Waals surface area contributed by atoms with Crippen LogP contribution in [0, 0.1) is 17.7 Å². The van der Waals surface area contributed by atoms with Crippen molar-refractivity contribution in [1.29, 1.82) is 0 Å². The molecule has 5 rings (SSSR count). The van der Waals surface area contributed by atoms with Gasteiger partial charge in [-0.05, 0) is 84.7 Å². The number of anilines is 1. The number of rotatable bonds is 7. The van der Waals surface area contributed by atoms with Crippen LogP contribution in [0.5, 0.6) is 11.5 Å². The van der Waals surface area contributed by atoms with Crippen molar-refractivity contribution < 1.29 is 54.1 Å². The van der Waals surface area contributed by atoms with E-state index < -0.39 is 50.9 Å². The molecule has 3 aromatic carbocycles. The lowest BCUT2D eigenvalue weighted by molar-refractivity contribution is -0.137. The minimum Gasteiger partial charge on any atom is -0.486 e. The molecule has 1 saturated carbocycles. The van der Waals surface area contributed by atoms with Crippen LogP contribution in [0.3, 0.4) is 0 Å². The van der Waals surface area contributed by atoms with Crippen LogP contribution in [0.4, 0.5) is 32.0 Å². The standard InChI is InChI=1S/C28H25F6NO4S.CH2O2/c1-16-7-17(8-16)9-23-15-35(40(36,37)24-4-2-3-20(13-24)28(32,33)34)25-12-18(5-6-26(25)38-23)19-10-21(29)14-22(11-19)39-27(30)31;2-1-3/h2-6,10-14,16-17,23,27H,7-9,15H2,1H3;1H,(H,2,3). The van der Waals surface area contributed by atoms with Gasteiger partial charge in [-0.15, -0.1) is 0 Å². The quantitative estimate of drug-likeness (QED) is 0.219. The van der Waals surface area contributed by atoms with Gasteiger partial charge in [0.15, 0.2) is 0 Å². The average molecular weight is 632 g/mol. The van der Waals surface area contributed by atoms with Crippen LogP contribution in [0.25, 0.3) is 11.1 Å². The van der Waals surface area contributed by atoms with Crippen LogP contribution in [0.1, 0.15) is 31.7 Å². The Balaban J connectivity index is 0.00000135. The fourth-order valence-corrected chi connectivity index (χ4v) is 6.88. The van der Waals surface area contributed by atoms with Crippen LogP contribution in [-0.4, -0.2) is 39.3 Å². The molecule has 0 spiro atoms. The predicted molar refractivity (Wildman–Crippen MR) is 144 cm³/mol. The Labute approximate surface area is 243 Å². The van der Waals surface area contributed by atoms with Crippen molar-refractivity contribution >= 4 is 22.2 Å². The second-order valence-electron chi connectivity index (χ2n) is 10.3. The zero-order valence-electron chi connectivity index (χ0n) is 22.6. The Morgan fingerprint density at radius 1 is 1.07 bits per heavy atom. The highest BCUT2D eigenvalue weighted by Crippen LogP contribution is 2.44. The number of halogens is 6. The van der Waals surface area contributed by atoms with E-state index in [1.54, 1.807) is 0 Å². The van der Waals surface area contributed by atoms with E-state index >= 15 is 0 Å². The number of sulfonamides is 1. The molecule has 1 aliphatic heterocycles. The summed E-state index contributed by atoms with van der Waals surface area (Å²) in [5.41, 5.74) is -0.687. The lowest BCUT2D eigenvalue weighted by Crippen LogP contribution is -2.45. The summed E-state index contributed by atoms with van der Waals surface area (Å²) in [6.45, 7) is -1.47. The molecule has 2 aliphatic rings. The maximum absolute atomic E-state index is 14.2. The van der Waals surface area contributed by atoms with Gasteiger partial charge in [-0.25, -0.2) is 12.8 Å². The Morgan fingerprint density at radius 2 is 1.77 bits per heavy atom. The van der Waals surface area contributed by atoms with Gasteiger partial charge in [0.2, 0.25) is 0 Å². The van der Waals surface area contributed by atoms with Crippen LogP contribution in [-0.2, 0) is 21.0 Å². The second kappa shape index (κ2) is 12.7. The first kappa shape index (κ1) is 32.0. The van der Waals surface area contributed by atoms with Crippen LogP contribution >= 0.6 is 0 Å². The minimum absolute atomic E-state index is 0.0359. The molecular weight excluding hydrogens is 604 g/mol. The Hall–Kier alpha value is -3.94. The topological polar surface area (TPSA) is 93.1 Å². The first-order valence-corrected chi connectivity index (χ1v) is 14.5. The summed E-state index contributed by atoms with van der Waals surface area (Å²) in [5.74, 6) is -0.214. The molecule has 0 saturated heterocycles. The highest BCUT2D eigenvalue weighted by Gasteiger charge is 2.39. The maximum Gasteiger partial charge on any atom is 0.416 e. The molecule has 1 unspecified atom stereocenters. The first-order chi connectivity index (χ1) is 20.2. The lowest BCUT2D eigenvalue weighted by Gasteiger charge is -2.40. The summed E-state index contributed by atoms with van der Waals surface area (Å²) >= 11 is 0. The van der Waals surface area contributed by atoms with Crippen molar-refractivity contribution in [2.75, 3.05) is 10.8 Å². The normalized spacial score (nSPS) is 19.8. The number of nitrogens with zero attached hydrogens (tertiary/aromatic N) is 1. The van der Waals surface area contributed by atoms with Crippen LogP contribution < -0.4 is 13.8 Å². The van der Waals surface area contributed by atoms with Gasteiger partial charge < -0.3 is 14.6 Å².